The summed E-state index contributed by atoms with van der Waals surface area (Å²) in [6, 6.07) is 8.19. The number of phenolic OH excluding ortho intramolecular Hbond substituents is 2. The molecule has 0 amide bonds. The number of phenols is 2. The molecule has 2 aromatic carbocycles. The van der Waals surface area contributed by atoms with Crippen molar-refractivity contribution in [3.05, 3.63) is 52.2 Å². The molecule has 6 atom stereocenters. The third-order valence-corrected chi connectivity index (χ3v) is 6.77. The van der Waals surface area contributed by atoms with Gasteiger partial charge in [0.05, 0.1) is 25.2 Å². The van der Waals surface area contributed by atoms with Crippen LogP contribution in [0.15, 0.2) is 45.6 Å². The molecule has 204 valence electrons. The number of aromatic hydroxyl groups is 2. The van der Waals surface area contributed by atoms with E-state index in [0.717, 1.165) is 6.07 Å². The lowest BCUT2D eigenvalue weighted by atomic mass is 9.89. The summed E-state index contributed by atoms with van der Waals surface area (Å²) in [5, 5.41) is 51.4. The Morgan fingerprint density at radius 2 is 1.79 bits per heavy atom. The topological polar surface area (TPSA) is 176 Å². The van der Waals surface area contributed by atoms with Crippen molar-refractivity contribution in [2.24, 2.45) is 5.92 Å². The predicted molar refractivity (Wildman–Crippen MR) is 134 cm³/mol. The highest BCUT2D eigenvalue weighted by Gasteiger charge is 2.49. The number of methoxy groups -OCH3 is 1. The number of hydrogen-bond donors (Lipinski definition) is 5. The minimum atomic E-state index is -1.68. The molecule has 0 unspecified atom stereocenters. The molecular formula is C27H30O11. The maximum Gasteiger partial charge on any atom is 0.309 e. The van der Waals surface area contributed by atoms with Crippen LogP contribution in [0.1, 0.15) is 31.9 Å². The van der Waals surface area contributed by atoms with Gasteiger partial charge in [0.25, 0.3) is 0 Å². The molecule has 1 fully saturated rings. The number of carbonyl (C=O) groups is 1. The summed E-state index contributed by atoms with van der Waals surface area (Å²) < 4.78 is 23.1. The molecule has 3 aromatic rings. The highest BCUT2D eigenvalue weighted by Crippen LogP contribution is 2.45. The Kier molecular flexibility index (Phi) is 7.93. The van der Waals surface area contributed by atoms with E-state index in [1.165, 1.54) is 37.4 Å². The molecule has 1 aliphatic heterocycles. The Labute approximate surface area is 217 Å². The van der Waals surface area contributed by atoms with Gasteiger partial charge in [0.15, 0.2) is 17.1 Å². The average Bonchev–Trinajstić information content (AvgIpc) is 2.91. The van der Waals surface area contributed by atoms with Crippen LogP contribution in [-0.2, 0) is 14.3 Å². The molecule has 1 aromatic heterocycles. The first-order valence-corrected chi connectivity index (χ1v) is 12.1. The maximum absolute atomic E-state index is 13.2. The fourth-order valence-corrected chi connectivity index (χ4v) is 4.39. The van der Waals surface area contributed by atoms with Gasteiger partial charge in [-0.15, -0.1) is 0 Å². The van der Waals surface area contributed by atoms with Crippen LogP contribution >= 0.6 is 0 Å². The van der Waals surface area contributed by atoms with Gasteiger partial charge in [0.1, 0.15) is 52.8 Å². The monoisotopic (exact) mass is 530 g/mol. The fourth-order valence-electron chi connectivity index (χ4n) is 4.39. The second-order valence-electron chi connectivity index (χ2n) is 9.21. The van der Waals surface area contributed by atoms with Gasteiger partial charge < -0.3 is 44.2 Å². The lowest BCUT2D eigenvalue weighted by Gasteiger charge is -2.42. The summed E-state index contributed by atoms with van der Waals surface area (Å²) in [6.07, 6.45) is -6.98. The molecule has 0 saturated carbocycles. The third-order valence-electron chi connectivity index (χ3n) is 6.77. The molecule has 0 bridgehead atoms. The Morgan fingerprint density at radius 3 is 2.39 bits per heavy atom. The van der Waals surface area contributed by atoms with Crippen LogP contribution in [0, 0.1) is 5.92 Å². The van der Waals surface area contributed by atoms with Gasteiger partial charge in [-0.1, -0.05) is 13.8 Å². The van der Waals surface area contributed by atoms with Gasteiger partial charge in [-0.05, 0) is 30.7 Å². The van der Waals surface area contributed by atoms with Crippen molar-refractivity contribution >= 4 is 16.9 Å². The summed E-state index contributed by atoms with van der Waals surface area (Å²) in [5.41, 5.74) is -0.335. The Morgan fingerprint density at radius 1 is 1.11 bits per heavy atom. The third kappa shape index (κ3) is 4.93. The Hall–Kier alpha value is -3.64. The largest absolute Gasteiger partial charge is 0.508 e. The first-order valence-electron chi connectivity index (χ1n) is 12.1. The maximum atomic E-state index is 13.2. The van der Waals surface area contributed by atoms with Crippen molar-refractivity contribution in [3.8, 4) is 28.6 Å². The van der Waals surface area contributed by atoms with Crippen LogP contribution in [0.3, 0.4) is 0 Å². The molecule has 11 heteroatoms. The number of aliphatic hydroxyl groups excluding tert-OH is 3. The standard InChI is InChI=1S/C27H30O11/c1-4-12(2)27(34)38-26-23(33)22(32)19(11-28)37-25(26)21-18(35-3)10-16(31)20-15(30)9-17(36-24(20)21)13-5-7-14(29)8-6-13/h5-10,12,19,22-23,25-26,28-29,31-33H,4,11H2,1-3H3/t12-,19-,22-,23+,25+,26-/m1/s1. The first kappa shape index (κ1) is 27.4. The van der Waals surface area contributed by atoms with Gasteiger partial charge in [-0.25, -0.2) is 0 Å². The molecule has 0 spiro atoms. The van der Waals surface area contributed by atoms with Crippen LogP contribution in [0.2, 0.25) is 0 Å². The van der Waals surface area contributed by atoms with Gasteiger partial charge in [0, 0.05) is 17.7 Å². The molecule has 38 heavy (non-hydrogen) atoms. The smallest absolute Gasteiger partial charge is 0.309 e. The number of fused-ring (bicyclic) bond motifs is 1. The fraction of sp³-hybridized carbons (Fsp3) is 0.407. The van der Waals surface area contributed by atoms with Gasteiger partial charge in [-0.2, -0.15) is 0 Å². The Balaban J connectivity index is 1.98. The number of aliphatic hydroxyl groups is 3. The number of hydrogen-bond acceptors (Lipinski definition) is 11. The highest BCUT2D eigenvalue weighted by molar-refractivity contribution is 5.90. The van der Waals surface area contributed by atoms with Crippen molar-refractivity contribution in [2.45, 2.75) is 50.8 Å². The van der Waals surface area contributed by atoms with Crippen LogP contribution in [0.25, 0.3) is 22.3 Å². The van der Waals surface area contributed by atoms with Crippen LogP contribution < -0.4 is 10.2 Å². The molecule has 2 heterocycles. The van der Waals surface area contributed by atoms with Crippen molar-refractivity contribution in [3.63, 3.8) is 0 Å². The average molecular weight is 531 g/mol. The molecule has 0 radical (unpaired) electrons. The number of benzene rings is 2. The lowest BCUT2D eigenvalue weighted by Crippen LogP contribution is -2.56. The second kappa shape index (κ2) is 11.0. The summed E-state index contributed by atoms with van der Waals surface area (Å²) in [4.78, 5) is 25.9. The Bertz CT molecular complexity index is 1360. The molecular weight excluding hydrogens is 500 g/mol. The van der Waals surface area contributed by atoms with E-state index in [1.54, 1.807) is 13.8 Å². The molecule has 4 rings (SSSR count). The van der Waals surface area contributed by atoms with E-state index < -0.39 is 60.2 Å². The van der Waals surface area contributed by atoms with E-state index in [1.807, 2.05) is 0 Å². The number of rotatable bonds is 7. The van der Waals surface area contributed by atoms with Crippen LogP contribution in [0.4, 0.5) is 0 Å². The molecule has 11 nitrogen and oxygen atoms in total. The van der Waals surface area contributed by atoms with E-state index in [4.69, 9.17) is 18.6 Å². The summed E-state index contributed by atoms with van der Waals surface area (Å²) in [6.45, 7) is 2.74. The van der Waals surface area contributed by atoms with Crippen molar-refractivity contribution < 1.29 is 49.0 Å². The summed E-state index contributed by atoms with van der Waals surface area (Å²) in [5.74, 6) is -1.58. The van der Waals surface area contributed by atoms with E-state index in [0.29, 0.717) is 12.0 Å². The van der Waals surface area contributed by atoms with Crippen molar-refractivity contribution in [2.75, 3.05) is 13.7 Å². The van der Waals surface area contributed by atoms with Crippen LogP contribution in [0.5, 0.6) is 17.2 Å². The lowest BCUT2D eigenvalue weighted by molar-refractivity contribution is -0.242. The SMILES string of the molecule is CC[C@@H](C)C(=O)O[C@@H]1[C@@H](O)[C@H](O)[C@@H](CO)O[C@H]1c1c(OC)cc(O)c2c(=O)cc(-c3ccc(O)cc3)oc12. The van der Waals surface area contributed by atoms with E-state index >= 15 is 0 Å². The van der Waals surface area contributed by atoms with Crippen molar-refractivity contribution in [1.29, 1.82) is 0 Å². The van der Waals surface area contributed by atoms with E-state index in [2.05, 4.69) is 0 Å². The van der Waals surface area contributed by atoms with Crippen molar-refractivity contribution in [1.82, 2.24) is 0 Å². The zero-order valence-electron chi connectivity index (χ0n) is 21.0. The minimum Gasteiger partial charge on any atom is -0.508 e. The van der Waals surface area contributed by atoms with Gasteiger partial charge >= 0.3 is 5.97 Å². The molecule has 1 aliphatic rings. The minimum absolute atomic E-state index is 0.000973. The number of esters is 1. The van der Waals surface area contributed by atoms with E-state index in [9.17, 15) is 35.1 Å². The van der Waals surface area contributed by atoms with Gasteiger partial charge in [-0.3, -0.25) is 9.59 Å². The summed E-state index contributed by atoms with van der Waals surface area (Å²) in [7, 11) is 1.30. The highest BCUT2D eigenvalue weighted by atomic mass is 16.6. The molecule has 5 N–H and O–H groups in total. The molecule has 1 saturated heterocycles. The predicted octanol–water partition coefficient (Wildman–Crippen LogP) is 1.99. The quantitative estimate of drug-likeness (QED) is 0.282. The van der Waals surface area contributed by atoms with Gasteiger partial charge in [0.2, 0.25) is 0 Å². The van der Waals surface area contributed by atoms with E-state index in [-0.39, 0.29) is 33.8 Å². The zero-order valence-corrected chi connectivity index (χ0v) is 21.0. The normalized spacial score (nSPS) is 24.2. The number of carbonyl (C=O) groups excluding carboxylic acids is 1. The summed E-state index contributed by atoms with van der Waals surface area (Å²) >= 11 is 0. The van der Waals surface area contributed by atoms with Crippen LogP contribution in [-0.4, -0.2) is 69.6 Å². The molecule has 0 aliphatic carbocycles. The second-order valence-corrected chi connectivity index (χ2v) is 9.21. The number of ether oxygens (including phenoxy) is 3. The zero-order chi connectivity index (χ0) is 27.7. The first-order chi connectivity index (χ1) is 18.1.